The number of halogens is 3. The lowest BCUT2D eigenvalue weighted by atomic mass is 10.1. The van der Waals surface area contributed by atoms with Gasteiger partial charge >= 0.3 is 0 Å². The highest BCUT2D eigenvalue weighted by Crippen LogP contribution is 2.29. The Hall–Kier alpha value is -1.75. The zero-order valence-corrected chi connectivity index (χ0v) is 12.6. The zero-order valence-electron chi connectivity index (χ0n) is 11.0. The van der Waals surface area contributed by atoms with Gasteiger partial charge in [0.2, 0.25) is 5.91 Å². The van der Waals surface area contributed by atoms with Gasteiger partial charge in [0, 0.05) is 10.4 Å². The van der Waals surface area contributed by atoms with Crippen LogP contribution in [0.5, 0.6) is 0 Å². The summed E-state index contributed by atoms with van der Waals surface area (Å²) in [7, 11) is 0. The fourth-order valence-corrected chi connectivity index (χ4v) is 3.03. The number of anilines is 1. The van der Waals surface area contributed by atoms with E-state index in [1.807, 2.05) is 24.3 Å². The van der Waals surface area contributed by atoms with Gasteiger partial charge in [0.05, 0.1) is 0 Å². The molecule has 108 valence electrons. The van der Waals surface area contributed by atoms with Crippen molar-refractivity contribution < 1.29 is 13.6 Å². The lowest BCUT2D eigenvalue weighted by molar-refractivity contribution is -0.119. The molecule has 2 aromatic carbocycles. The first-order chi connectivity index (χ1) is 10.0. The van der Waals surface area contributed by atoms with Crippen molar-refractivity contribution in [2.45, 2.75) is 12.8 Å². The van der Waals surface area contributed by atoms with Crippen molar-refractivity contribution in [1.29, 1.82) is 0 Å². The summed E-state index contributed by atoms with van der Waals surface area (Å²) in [6.07, 6.45) is 1.20. The Kier molecular flexibility index (Phi) is 3.76. The molecule has 0 saturated heterocycles. The third-order valence-corrected chi connectivity index (χ3v) is 4.13. The first-order valence-corrected chi connectivity index (χ1v) is 7.36. The summed E-state index contributed by atoms with van der Waals surface area (Å²) in [6.45, 7) is 0. The van der Waals surface area contributed by atoms with Gasteiger partial charge in [0.1, 0.15) is 5.69 Å². The summed E-state index contributed by atoms with van der Waals surface area (Å²) in [4.78, 5) is 12.2. The molecule has 0 spiro atoms. The average Bonchev–Trinajstić information content (AvgIpc) is 2.86. The van der Waals surface area contributed by atoms with E-state index < -0.39 is 11.6 Å². The van der Waals surface area contributed by atoms with E-state index in [1.165, 1.54) is 0 Å². The minimum atomic E-state index is -0.786. The quantitative estimate of drug-likeness (QED) is 0.867. The van der Waals surface area contributed by atoms with Crippen LogP contribution in [-0.2, 0) is 17.6 Å². The van der Waals surface area contributed by atoms with Crippen LogP contribution >= 0.6 is 15.9 Å². The predicted molar refractivity (Wildman–Crippen MR) is 80.0 cm³/mol. The monoisotopic (exact) mass is 351 g/mol. The van der Waals surface area contributed by atoms with Crippen LogP contribution in [0.4, 0.5) is 14.5 Å². The van der Waals surface area contributed by atoms with Crippen molar-refractivity contribution in [1.82, 2.24) is 0 Å². The van der Waals surface area contributed by atoms with E-state index in [0.29, 0.717) is 17.3 Å². The summed E-state index contributed by atoms with van der Waals surface area (Å²) in [5.74, 6) is -2.22. The lowest BCUT2D eigenvalue weighted by Crippen LogP contribution is -2.24. The molecule has 0 heterocycles. The smallest absolute Gasteiger partial charge is 0.228 e. The maximum Gasteiger partial charge on any atom is 0.228 e. The van der Waals surface area contributed by atoms with Crippen molar-refractivity contribution in [2.24, 2.45) is 5.92 Å². The molecule has 5 heteroatoms. The topological polar surface area (TPSA) is 29.1 Å². The largest absolute Gasteiger partial charge is 0.321 e. The van der Waals surface area contributed by atoms with Gasteiger partial charge in [-0.05, 0) is 36.1 Å². The second-order valence-electron chi connectivity index (χ2n) is 5.11. The van der Waals surface area contributed by atoms with Gasteiger partial charge < -0.3 is 5.32 Å². The highest BCUT2D eigenvalue weighted by molar-refractivity contribution is 9.10. The molecule has 1 amide bonds. The Morgan fingerprint density at radius 2 is 1.62 bits per heavy atom. The molecule has 21 heavy (non-hydrogen) atoms. The Morgan fingerprint density at radius 3 is 2.14 bits per heavy atom. The standard InChI is InChI=1S/C16H12BrF2NO/c17-12-7-13(18)15(14(19)8-12)20-16(21)11-5-9-3-1-2-4-10(9)6-11/h1-4,7-8,11H,5-6H2,(H,20,21). The molecule has 1 aliphatic carbocycles. The van der Waals surface area contributed by atoms with Gasteiger partial charge in [0.25, 0.3) is 0 Å². The molecule has 0 radical (unpaired) electrons. The predicted octanol–water partition coefficient (Wildman–Crippen LogP) is 4.08. The van der Waals surface area contributed by atoms with E-state index in [9.17, 15) is 13.6 Å². The summed E-state index contributed by atoms with van der Waals surface area (Å²) >= 11 is 3.01. The first kappa shape index (κ1) is 14.2. The minimum absolute atomic E-state index is 0.287. The van der Waals surface area contributed by atoms with Gasteiger partial charge in [-0.2, -0.15) is 0 Å². The molecule has 0 bridgehead atoms. The Labute approximate surface area is 129 Å². The van der Waals surface area contributed by atoms with Gasteiger partial charge in [-0.25, -0.2) is 8.78 Å². The van der Waals surface area contributed by atoms with Crippen molar-refractivity contribution in [3.63, 3.8) is 0 Å². The molecule has 0 atom stereocenters. The molecular weight excluding hydrogens is 340 g/mol. The number of amides is 1. The van der Waals surface area contributed by atoms with Crippen LogP contribution in [0.25, 0.3) is 0 Å². The van der Waals surface area contributed by atoms with Crippen molar-refractivity contribution in [2.75, 3.05) is 5.32 Å². The number of fused-ring (bicyclic) bond motifs is 1. The fourth-order valence-electron chi connectivity index (χ4n) is 2.63. The second-order valence-corrected chi connectivity index (χ2v) is 6.02. The molecule has 1 N–H and O–H groups in total. The number of benzene rings is 2. The van der Waals surface area contributed by atoms with Crippen LogP contribution in [0, 0.1) is 17.6 Å². The van der Waals surface area contributed by atoms with E-state index in [2.05, 4.69) is 21.2 Å². The van der Waals surface area contributed by atoms with Crippen LogP contribution in [0.1, 0.15) is 11.1 Å². The second kappa shape index (κ2) is 5.56. The van der Waals surface area contributed by atoms with Crippen molar-refractivity contribution in [3.8, 4) is 0 Å². The normalized spacial score (nSPS) is 14.0. The van der Waals surface area contributed by atoms with Gasteiger partial charge in [-0.15, -0.1) is 0 Å². The average molecular weight is 352 g/mol. The van der Waals surface area contributed by atoms with Crippen LogP contribution in [0.2, 0.25) is 0 Å². The van der Waals surface area contributed by atoms with Crippen LogP contribution in [-0.4, -0.2) is 5.91 Å². The van der Waals surface area contributed by atoms with E-state index in [-0.39, 0.29) is 17.5 Å². The van der Waals surface area contributed by atoms with E-state index in [0.717, 1.165) is 23.3 Å². The van der Waals surface area contributed by atoms with Gasteiger partial charge in [-0.1, -0.05) is 40.2 Å². The molecule has 2 aromatic rings. The fraction of sp³-hybridized carbons (Fsp3) is 0.188. The summed E-state index contributed by atoms with van der Waals surface area (Å²) in [5.41, 5.74) is 1.85. The molecule has 0 fully saturated rings. The molecular formula is C16H12BrF2NO. The highest BCUT2D eigenvalue weighted by atomic mass is 79.9. The van der Waals surface area contributed by atoms with E-state index in [4.69, 9.17) is 0 Å². The van der Waals surface area contributed by atoms with Crippen LogP contribution in [0.15, 0.2) is 40.9 Å². The SMILES string of the molecule is O=C(Nc1c(F)cc(Br)cc1F)C1Cc2ccccc2C1. The molecule has 2 nitrogen and oxygen atoms in total. The third kappa shape index (κ3) is 2.83. The number of nitrogens with one attached hydrogen (secondary N) is 1. The summed E-state index contributed by atoms with van der Waals surface area (Å²) < 4.78 is 27.8. The number of rotatable bonds is 2. The molecule has 3 rings (SSSR count). The number of carbonyl (C=O) groups is 1. The maximum atomic E-state index is 13.7. The molecule has 0 aliphatic heterocycles. The van der Waals surface area contributed by atoms with E-state index >= 15 is 0 Å². The zero-order chi connectivity index (χ0) is 15.0. The Morgan fingerprint density at radius 1 is 1.10 bits per heavy atom. The van der Waals surface area contributed by atoms with Gasteiger partial charge in [-0.3, -0.25) is 4.79 Å². The molecule has 1 aliphatic rings. The summed E-state index contributed by atoms with van der Waals surface area (Å²) in [5, 5.41) is 2.37. The lowest BCUT2D eigenvalue weighted by Gasteiger charge is -2.12. The van der Waals surface area contributed by atoms with Crippen molar-refractivity contribution >= 4 is 27.5 Å². The Balaban J connectivity index is 1.77. The molecule has 0 saturated carbocycles. The first-order valence-electron chi connectivity index (χ1n) is 6.57. The number of carbonyl (C=O) groups excluding carboxylic acids is 1. The molecule has 0 aromatic heterocycles. The van der Waals surface area contributed by atoms with E-state index in [1.54, 1.807) is 0 Å². The number of hydrogen-bond acceptors (Lipinski definition) is 1. The van der Waals surface area contributed by atoms with Crippen LogP contribution < -0.4 is 5.32 Å². The van der Waals surface area contributed by atoms with Crippen LogP contribution in [0.3, 0.4) is 0 Å². The highest BCUT2D eigenvalue weighted by Gasteiger charge is 2.28. The summed E-state index contributed by atoms with van der Waals surface area (Å²) in [6, 6.07) is 10.1. The maximum absolute atomic E-state index is 13.7. The van der Waals surface area contributed by atoms with Crippen molar-refractivity contribution in [3.05, 3.63) is 63.6 Å². The van der Waals surface area contributed by atoms with Gasteiger partial charge in [0.15, 0.2) is 11.6 Å². The minimum Gasteiger partial charge on any atom is -0.321 e. The number of hydrogen-bond donors (Lipinski definition) is 1. The molecule has 0 unspecified atom stereocenters. The third-order valence-electron chi connectivity index (χ3n) is 3.68. The Bertz CT molecular complexity index is 669.